The van der Waals surface area contributed by atoms with E-state index in [1.165, 1.54) is 14.2 Å². The Morgan fingerprint density at radius 3 is 2.31 bits per heavy atom. The zero-order valence-electron chi connectivity index (χ0n) is 10.4. The topological polar surface area (TPSA) is 52.6 Å². The molecular formula is C12H20O4. The Morgan fingerprint density at radius 1 is 1.25 bits per heavy atom. The van der Waals surface area contributed by atoms with Crippen LogP contribution in [-0.2, 0) is 19.1 Å². The molecule has 3 unspecified atom stereocenters. The van der Waals surface area contributed by atoms with Crippen LogP contribution in [0.4, 0.5) is 0 Å². The van der Waals surface area contributed by atoms with Gasteiger partial charge in [0.15, 0.2) is 0 Å². The predicted octanol–water partition coefficient (Wildman–Crippen LogP) is 1.77. The maximum Gasteiger partial charge on any atom is 0.311 e. The van der Waals surface area contributed by atoms with Crippen LogP contribution in [0.15, 0.2) is 0 Å². The number of methoxy groups -OCH3 is 2. The van der Waals surface area contributed by atoms with Gasteiger partial charge in [0, 0.05) is 0 Å². The third-order valence-corrected chi connectivity index (χ3v) is 3.92. The highest BCUT2D eigenvalue weighted by Gasteiger charge is 2.45. The van der Waals surface area contributed by atoms with Gasteiger partial charge in [-0.25, -0.2) is 0 Å². The van der Waals surface area contributed by atoms with Crippen molar-refractivity contribution in [2.75, 3.05) is 14.2 Å². The lowest BCUT2D eigenvalue weighted by Gasteiger charge is -2.39. The average molecular weight is 228 g/mol. The lowest BCUT2D eigenvalue weighted by Crippen LogP contribution is -2.41. The monoisotopic (exact) mass is 228 g/mol. The smallest absolute Gasteiger partial charge is 0.311 e. The number of esters is 2. The Labute approximate surface area is 96.3 Å². The van der Waals surface area contributed by atoms with Crippen molar-refractivity contribution in [1.82, 2.24) is 0 Å². The van der Waals surface area contributed by atoms with Gasteiger partial charge in [-0.1, -0.05) is 6.92 Å². The largest absolute Gasteiger partial charge is 0.469 e. The molecule has 1 rings (SSSR count). The van der Waals surface area contributed by atoms with Crippen molar-refractivity contribution < 1.29 is 19.1 Å². The summed E-state index contributed by atoms with van der Waals surface area (Å²) >= 11 is 0. The predicted molar refractivity (Wildman–Crippen MR) is 58.6 cm³/mol. The maximum absolute atomic E-state index is 11.7. The Balaban J connectivity index is 2.72. The van der Waals surface area contributed by atoms with Crippen LogP contribution in [0.1, 0.15) is 33.1 Å². The van der Waals surface area contributed by atoms with Crippen molar-refractivity contribution in [2.45, 2.75) is 33.1 Å². The summed E-state index contributed by atoms with van der Waals surface area (Å²) in [5.74, 6) is -0.280. The zero-order valence-corrected chi connectivity index (χ0v) is 10.4. The third kappa shape index (κ3) is 2.20. The summed E-state index contributed by atoms with van der Waals surface area (Å²) in [6.07, 6.45) is 2.07. The summed E-state index contributed by atoms with van der Waals surface area (Å²) in [5.41, 5.74) is -0.459. The molecule has 1 aliphatic carbocycles. The first-order valence-electron chi connectivity index (χ1n) is 5.62. The van der Waals surface area contributed by atoms with Crippen molar-refractivity contribution in [1.29, 1.82) is 0 Å². The standard InChI is InChI=1S/C12H20O4/c1-8-7-9(10(13)15-3)5-6-12(8,2)11(14)16-4/h8-9H,5-7H2,1-4H3. The van der Waals surface area contributed by atoms with Gasteiger partial charge in [0.2, 0.25) is 0 Å². The molecule has 92 valence electrons. The molecule has 0 aromatic heterocycles. The van der Waals surface area contributed by atoms with Crippen molar-refractivity contribution in [3.63, 3.8) is 0 Å². The van der Waals surface area contributed by atoms with E-state index >= 15 is 0 Å². The summed E-state index contributed by atoms with van der Waals surface area (Å²) < 4.78 is 9.57. The third-order valence-electron chi connectivity index (χ3n) is 3.92. The lowest BCUT2D eigenvalue weighted by molar-refractivity contribution is -0.162. The number of carbonyl (C=O) groups excluding carboxylic acids is 2. The minimum atomic E-state index is -0.459. The highest BCUT2D eigenvalue weighted by molar-refractivity contribution is 5.78. The number of hydrogen-bond acceptors (Lipinski definition) is 4. The Morgan fingerprint density at radius 2 is 1.88 bits per heavy atom. The Bertz CT molecular complexity index is 287. The molecular weight excluding hydrogens is 208 g/mol. The molecule has 1 fully saturated rings. The van der Waals surface area contributed by atoms with E-state index in [1.807, 2.05) is 13.8 Å². The van der Waals surface area contributed by atoms with Gasteiger partial charge in [-0.3, -0.25) is 9.59 Å². The van der Waals surface area contributed by atoms with E-state index in [2.05, 4.69) is 0 Å². The van der Waals surface area contributed by atoms with Gasteiger partial charge < -0.3 is 9.47 Å². The van der Waals surface area contributed by atoms with E-state index in [4.69, 9.17) is 9.47 Å². The first-order chi connectivity index (χ1) is 7.45. The second kappa shape index (κ2) is 4.85. The van der Waals surface area contributed by atoms with Gasteiger partial charge >= 0.3 is 11.9 Å². The molecule has 0 spiro atoms. The molecule has 0 bridgehead atoms. The van der Waals surface area contributed by atoms with Gasteiger partial charge in [-0.15, -0.1) is 0 Å². The van der Waals surface area contributed by atoms with Crippen LogP contribution in [-0.4, -0.2) is 26.2 Å². The summed E-state index contributed by atoms with van der Waals surface area (Å²) in [5, 5.41) is 0. The second-order valence-electron chi connectivity index (χ2n) is 4.80. The number of ether oxygens (including phenoxy) is 2. The molecule has 16 heavy (non-hydrogen) atoms. The highest BCUT2D eigenvalue weighted by Crippen LogP contribution is 2.44. The fraction of sp³-hybridized carbons (Fsp3) is 0.833. The van der Waals surface area contributed by atoms with Gasteiger partial charge in [-0.05, 0) is 32.1 Å². The first-order valence-corrected chi connectivity index (χ1v) is 5.62. The van der Waals surface area contributed by atoms with Gasteiger partial charge in [-0.2, -0.15) is 0 Å². The van der Waals surface area contributed by atoms with Crippen LogP contribution in [0.25, 0.3) is 0 Å². The van der Waals surface area contributed by atoms with E-state index in [0.29, 0.717) is 19.3 Å². The van der Waals surface area contributed by atoms with E-state index in [1.54, 1.807) is 0 Å². The molecule has 0 heterocycles. The minimum absolute atomic E-state index is 0.0715. The van der Waals surface area contributed by atoms with E-state index in [9.17, 15) is 9.59 Å². The number of carbonyl (C=O) groups is 2. The molecule has 0 N–H and O–H groups in total. The fourth-order valence-corrected chi connectivity index (χ4v) is 2.44. The van der Waals surface area contributed by atoms with Crippen LogP contribution < -0.4 is 0 Å². The quantitative estimate of drug-likeness (QED) is 0.676. The van der Waals surface area contributed by atoms with E-state index in [-0.39, 0.29) is 23.8 Å². The molecule has 3 atom stereocenters. The van der Waals surface area contributed by atoms with Crippen LogP contribution in [0.5, 0.6) is 0 Å². The maximum atomic E-state index is 11.7. The first kappa shape index (κ1) is 13.0. The molecule has 0 amide bonds. The molecule has 0 aromatic carbocycles. The molecule has 0 saturated heterocycles. The molecule has 4 heteroatoms. The molecule has 0 radical (unpaired) electrons. The van der Waals surface area contributed by atoms with Gasteiger partial charge in [0.05, 0.1) is 25.6 Å². The Hall–Kier alpha value is -1.06. The number of rotatable bonds is 2. The van der Waals surface area contributed by atoms with Crippen LogP contribution in [0.3, 0.4) is 0 Å². The molecule has 1 aliphatic rings. The zero-order chi connectivity index (χ0) is 12.3. The minimum Gasteiger partial charge on any atom is -0.469 e. The van der Waals surface area contributed by atoms with Crippen LogP contribution in [0.2, 0.25) is 0 Å². The molecule has 0 aliphatic heterocycles. The van der Waals surface area contributed by atoms with Crippen LogP contribution in [0, 0.1) is 17.3 Å². The van der Waals surface area contributed by atoms with E-state index < -0.39 is 5.41 Å². The Kier molecular flexibility index (Phi) is 3.94. The summed E-state index contributed by atoms with van der Waals surface area (Å²) in [7, 11) is 2.81. The lowest BCUT2D eigenvalue weighted by atomic mass is 9.65. The van der Waals surface area contributed by atoms with E-state index in [0.717, 1.165) is 0 Å². The van der Waals surface area contributed by atoms with Crippen LogP contribution >= 0.6 is 0 Å². The normalized spacial score (nSPS) is 34.2. The molecule has 0 aromatic rings. The van der Waals surface area contributed by atoms with Crippen molar-refractivity contribution >= 4 is 11.9 Å². The molecule has 1 saturated carbocycles. The van der Waals surface area contributed by atoms with Gasteiger partial charge in [0.25, 0.3) is 0 Å². The summed E-state index contributed by atoms with van der Waals surface area (Å²) in [4.78, 5) is 23.1. The summed E-state index contributed by atoms with van der Waals surface area (Å²) in [6, 6.07) is 0. The second-order valence-corrected chi connectivity index (χ2v) is 4.80. The van der Waals surface area contributed by atoms with Crippen molar-refractivity contribution in [2.24, 2.45) is 17.3 Å². The SMILES string of the molecule is COC(=O)C1CCC(C)(C(=O)OC)C(C)C1. The summed E-state index contributed by atoms with van der Waals surface area (Å²) in [6.45, 7) is 3.91. The van der Waals surface area contributed by atoms with Gasteiger partial charge in [0.1, 0.15) is 0 Å². The highest BCUT2D eigenvalue weighted by atomic mass is 16.5. The van der Waals surface area contributed by atoms with Crippen molar-refractivity contribution in [3.05, 3.63) is 0 Å². The fourth-order valence-electron chi connectivity index (χ4n) is 2.44. The average Bonchev–Trinajstić information content (AvgIpc) is 2.30. The van der Waals surface area contributed by atoms with Crippen molar-refractivity contribution in [3.8, 4) is 0 Å². The number of hydrogen-bond donors (Lipinski definition) is 0. The molecule has 4 nitrogen and oxygen atoms in total.